The Bertz CT molecular complexity index is 514. The predicted octanol–water partition coefficient (Wildman–Crippen LogP) is 1.47. The zero-order valence-electron chi connectivity index (χ0n) is 12.3. The molecule has 108 valence electrons. The molecule has 20 heavy (non-hydrogen) atoms. The number of allylic oxidation sites excluding steroid dienone is 6. The summed E-state index contributed by atoms with van der Waals surface area (Å²) in [4.78, 5) is 7.21. The van der Waals surface area contributed by atoms with Gasteiger partial charge in [-0.1, -0.05) is 0 Å². The van der Waals surface area contributed by atoms with Crippen LogP contribution in [0.15, 0.2) is 48.6 Å². The number of halogens is 1. The molecule has 0 spiro atoms. The third kappa shape index (κ3) is 4.58. The van der Waals surface area contributed by atoms with E-state index in [9.17, 15) is 0 Å². The topological polar surface area (TPSA) is 12.9 Å². The third-order valence-corrected chi connectivity index (χ3v) is 5.26. The molecule has 0 saturated carbocycles. The molecule has 0 aliphatic heterocycles. The average molecular weight is 380 g/mol. The summed E-state index contributed by atoms with van der Waals surface area (Å²) in [5.74, 6) is 0.467. The quantitative estimate of drug-likeness (QED) is 0.414. The van der Waals surface area contributed by atoms with Crippen molar-refractivity contribution < 1.29 is 21.2 Å². The Kier molecular flexibility index (Phi) is 6.51. The molecule has 1 aromatic rings. The van der Waals surface area contributed by atoms with Gasteiger partial charge < -0.3 is 0 Å². The molecule has 2 rings (SSSR count). The molecule has 0 radical (unpaired) electrons. The summed E-state index contributed by atoms with van der Waals surface area (Å²) in [6, 6.07) is 4.62. The first kappa shape index (κ1) is 15.5. The van der Waals surface area contributed by atoms with E-state index >= 15 is 0 Å². The van der Waals surface area contributed by atoms with Crippen LogP contribution < -0.4 is 21.2 Å². The molecule has 1 aliphatic carbocycles. The second kappa shape index (κ2) is 8.40. The fourth-order valence-corrected chi connectivity index (χ4v) is 3.57. The van der Waals surface area contributed by atoms with Crippen molar-refractivity contribution in [3.63, 3.8) is 0 Å². The van der Waals surface area contributed by atoms with Crippen LogP contribution in [0.4, 0.5) is 0 Å². The van der Waals surface area contributed by atoms with Crippen LogP contribution >= 0.6 is 0 Å². The van der Waals surface area contributed by atoms with Gasteiger partial charge in [-0.3, -0.25) is 0 Å². The Balaban J connectivity index is 2.15. The van der Waals surface area contributed by atoms with E-state index in [1.54, 1.807) is 0 Å². The fourth-order valence-electron chi connectivity index (χ4n) is 2.26. The molecule has 0 saturated heterocycles. The van der Waals surface area contributed by atoms with Crippen molar-refractivity contribution in [3.8, 4) is 0 Å². The maximum atomic E-state index is 4.88. The molecule has 1 aromatic heterocycles. The first-order valence-corrected chi connectivity index (χ1v) is 10.6. The molecule has 0 aromatic carbocycles. The molecular weight excluding hydrogens is 357 g/mol. The summed E-state index contributed by atoms with van der Waals surface area (Å²) < 4.78 is 1.51. The number of nitrogens with zero attached hydrogens (tertiary/aromatic N) is 1. The molecule has 0 fully saturated rings. The summed E-state index contributed by atoms with van der Waals surface area (Å²) in [6.45, 7) is 2.21. The van der Waals surface area contributed by atoms with E-state index in [4.69, 9.17) is 4.98 Å². The number of alkyl halides is 1. The Hall–Kier alpha value is -0.900. The SMILES string of the molecule is CCC/C=C\Cc1cc([I-]C)cc(C2C=CC=CC2)n1. The minimum atomic E-state index is 0.124. The van der Waals surface area contributed by atoms with Gasteiger partial charge in [0.15, 0.2) is 0 Å². The van der Waals surface area contributed by atoms with Crippen LogP contribution in [0, 0.1) is 3.57 Å². The number of aromatic nitrogens is 1. The molecule has 0 N–H and O–H groups in total. The normalized spacial score (nSPS) is 18.2. The monoisotopic (exact) mass is 380 g/mol. The van der Waals surface area contributed by atoms with Crippen molar-refractivity contribution in [2.24, 2.45) is 0 Å². The van der Waals surface area contributed by atoms with Gasteiger partial charge >= 0.3 is 133 Å². The molecule has 1 aliphatic rings. The second-order valence-corrected chi connectivity index (χ2v) is 7.33. The van der Waals surface area contributed by atoms with Gasteiger partial charge in [0.2, 0.25) is 0 Å². The summed E-state index contributed by atoms with van der Waals surface area (Å²) in [5, 5.41) is 0. The molecule has 0 amide bonds. The van der Waals surface area contributed by atoms with Gasteiger partial charge in [-0.2, -0.15) is 0 Å². The van der Waals surface area contributed by atoms with Gasteiger partial charge in [0, 0.05) is 0 Å². The van der Waals surface area contributed by atoms with Crippen LogP contribution in [0.3, 0.4) is 0 Å². The molecule has 0 bridgehead atoms. The van der Waals surface area contributed by atoms with Gasteiger partial charge in [0.05, 0.1) is 0 Å². The standard InChI is InChI=1S/C18H23IN/c1-3-4-5-9-12-17-13-16(19-2)14-18(20-17)15-10-7-6-8-11-15/h5-10,13-15H,3-4,11-12H2,1-2H3/q-1/b9-5-. The van der Waals surface area contributed by atoms with E-state index in [2.05, 4.69) is 60.4 Å². The van der Waals surface area contributed by atoms with Crippen LogP contribution in [0.5, 0.6) is 0 Å². The van der Waals surface area contributed by atoms with Gasteiger partial charge in [-0.05, 0) is 0 Å². The Morgan fingerprint density at radius 1 is 1.30 bits per heavy atom. The van der Waals surface area contributed by atoms with Gasteiger partial charge in [0.25, 0.3) is 0 Å². The average Bonchev–Trinajstić information content (AvgIpc) is 2.52. The summed E-state index contributed by atoms with van der Waals surface area (Å²) in [6.07, 6.45) is 17.8. The van der Waals surface area contributed by atoms with Crippen molar-refractivity contribution in [3.05, 3.63) is 63.5 Å². The summed E-state index contributed by atoms with van der Waals surface area (Å²) in [7, 11) is 0. The van der Waals surface area contributed by atoms with Gasteiger partial charge in [0.1, 0.15) is 0 Å². The third-order valence-electron chi connectivity index (χ3n) is 3.39. The number of rotatable bonds is 6. The maximum absolute atomic E-state index is 4.88. The van der Waals surface area contributed by atoms with E-state index in [-0.39, 0.29) is 21.2 Å². The Morgan fingerprint density at radius 3 is 2.90 bits per heavy atom. The summed E-state index contributed by atoms with van der Waals surface area (Å²) in [5.41, 5.74) is 2.48. The Labute approximate surface area is 133 Å². The van der Waals surface area contributed by atoms with Crippen LogP contribution in [0.1, 0.15) is 43.5 Å². The number of hydrogen-bond acceptors (Lipinski definition) is 1. The van der Waals surface area contributed by atoms with Crippen molar-refractivity contribution >= 4 is 0 Å². The van der Waals surface area contributed by atoms with E-state index in [1.807, 2.05) is 0 Å². The number of pyridine rings is 1. The predicted molar refractivity (Wildman–Crippen MR) is 82.2 cm³/mol. The molecule has 1 atom stereocenters. The molecular formula is C18H23IN-. The molecule has 1 nitrogen and oxygen atoms in total. The number of hydrogen-bond donors (Lipinski definition) is 0. The zero-order valence-corrected chi connectivity index (χ0v) is 14.5. The molecule has 1 unspecified atom stereocenters. The van der Waals surface area contributed by atoms with Crippen molar-refractivity contribution in [1.82, 2.24) is 4.98 Å². The molecule has 1 heterocycles. The van der Waals surface area contributed by atoms with Gasteiger partial charge in [-0.15, -0.1) is 0 Å². The summed E-state index contributed by atoms with van der Waals surface area (Å²) >= 11 is 0.124. The fraction of sp³-hybridized carbons (Fsp3) is 0.389. The second-order valence-electron chi connectivity index (χ2n) is 5.01. The van der Waals surface area contributed by atoms with Gasteiger partial charge in [-0.25, -0.2) is 0 Å². The zero-order chi connectivity index (χ0) is 14.2. The number of unbranched alkanes of at least 4 members (excludes halogenated alkanes) is 1. The van der Waals surface area contributed by atoms with Crippen LogP contribution in [-0.2, 0) is 6.42 Å². The first-order chi connectivity index (χ1) is 9.83. The van der Waals surface area contributed by atoms with Crippen molar-refractivity contribution in [2.45, 2.75) is 38.5 Å². The van der Waals surface area contributed by atoms with E-state index in [1.165, 1.54) is 27.8 Å². The van der Waals surface area contributed by atoms with E-state index in [0.717, 1.165) is 12.8 Å². The first-order valence-electron chi connectivity index (χ1n) is 7.32. The van der Waals surface area contributed by atoms with Crippen molar-refractivity contribution in [1.29, 1.82) is 0 Å². The van der Waals surface area contributed by atoms with Crippen molar-refractivity contribution in [2.75, 3.05) is 4.93 Å². The van der Waals surface area contributed by atoms with Crippen LogP contribution in [-0.4, -0.2) is 9.91 Å². The van der Waals surface area contributed by atoms with E-state index in [0.29, 0.717) is 5.92 Å². The Morgan fingerprint density at radius 2 is 2.20 bits per heavy atom. The minimum absolute atomic E-state index is 0.124. The van der Waals surface area contributed by atoms with E-state index < -0.39 is 0 Å². The van der Waals surface area contributed by atoms with Crippen LogP contribution in [0.2, 0.25) is 0 Å². The molecule has 2 heteroatoms. The van der Waals surface area contributed by atoms with Crippen LogP contribution in [0.25, 0.3) is 0 Å².